The fraction of sp³-hybridized carbons (Fsp3) is 0.556. The Hall–Kier alpha value is -2.48. The van der Waals surface area contributed by atoms with E-state index in [1.807, 2.05) is 36.0 Å². The van der Waals surface area contributed by atoms with Crippen LogP contribution >= 0.6 is 0 Å². The predicted octanol–water partition coefficient (Wildman–Crippen LogP) is 1.75. The molecule has 1 aliphatic carbocycles. The van der Waals surface area contributed by atoms with Crippen LogP contribution in [0.4, 0.5) is 5.82 Å². The van der Waals surface area contributed by atoms with E-state index in [1.54, 1.807) is 13.3 Å². The second-order valence-electron chi connectivity index (χ2n) is 7.22. The molecule has 2 aromatic heterocycles. The summed E-state index contributed by atoms with van der Waals surface area (Å²) in [6, 6.07) is 3.52. The first-order chi connectivity index (χ1) is 12.6. The number of carbonyl (C=O) groups is 1. The average Bonchev–Trinajstić information content (AvgIpc) is 3.23. The van der Waals surface area contributed by atoms with E-state index in [1.165, 1.54) is 0 Å². The topological polar surface area (TPSA) is 87.2 Å². The Kier molecular flexibility index (Phi) is 4.36. The third-order valence-corrected chi connectivity index (χ3v) is 5.09. The lowest BCUT2D eigenvalue weighted by atomic mass is 10.1. The molecule has 8 nitrogen and oxygen atoms in total. The Morgan fingerprint density at radius 1 is 1.35 bits per heavy atom. The van der Waals surface area contributed by atoms with Crippen molar-refractivity contribution in [1.82, 2.24) is 25.1 Å². The zero-order valence-corrected chi connectivity index (χ0v) is 15.3. The number of carbonyl (C=O) groups excluding carboxylic acids is 1. The fourth-order valence-electron chi connectivity index (χ4n) is 3.36. The van der Waals surface area contributed by atoms with Gasteiger partial charge >= 0.3 is 0 Å². The number of methoxy groups -OCH3 is 1. The monoisotopic (exact) mass is 356 g/mol. The van der Waals surface area contributed by atoms with Crippen molar-refractivity contribution in [2.24, 2.45) is 0 Å². The smallest absolute Gasteiger partial charge is 0.256 e. The van der Waals surface area contributed by atoms with Crippen molar-refractivity contribution in [3.8, 4) is 0 Å². The molecule has 1 aliphatic heterocycles. The number of nitrogens with zero attached hydrogens (tertiary/aromatic N) is 5. The molecular weight excluding hydrogens is 332 g/mol. The number of pyridine rings is 1. The molecule has 4 rings (SSSR count). The lowest BCUT2D eigenvalue weighted by Gasteiger charge is -2.23. The van der Waals surface area contributed by atoms with Crippen LogP contribution in [0.2, 0.25) is 0 Å². The number of nitrogens with one attached hydrogen (secondary N) is 1. The highest BCUT2D eigenvalue weighted by Crippen LogP contribution is 2.39. The second kappa shape index (κ2) is 6.68. The number of anilines is 1. The maximum Gasteiger partial charge on any atom is 0.256 e. The Balaban J connectivity index is 1.57. The van der Waals surface area contributed by atoms with E-state index in [2.05, 4.69) is 20.2 Å². The summed E-state index contributed by atoms with van der Waals surface area (Å²) in [6.07, 6.45) is 4.63. The summed E-state index contributed by atoms with van der Waals surface area (Å²) in [5, 5.41) is 7.38. The van der Waals surface area contributed by atoms with Crippen molar-refractivity contribution >= 4 is 11.7 Å². The lowest BCUT2D eigenvalue weighted by molar-refractivity contribution is 0.0684. The van der Waals surface area contributed by atoms with E-state index < -0.39 is 0 Å². The molecule has 2 atom stereocenters. The highest BCUT2D eigenvalue weighted by Gasteiger charge is 2.39. The molecule has 2 aromatic rings. The quantitative estimate of drug-likeness (QED) is 0.878. The zero-order chi connectivity index (χ0) is 18.3. The molecule has 1 amide bonds. The molecule has 2 aliphatic rings. The van der Waals surface area contributed by atoms with Crippen molar-refractivity contribution in [2.45, 2.75) is 37.3 Å². The minimum Gasteiger partial charge on any atom is -0.380 e. The Bertz CT molecular complexity index is 783. The van der Waals surface area contributed by atoms with Crippen molar-refractivity contribution in [3.63, 3.8) is 0 Å². The van der Waals surface area contributed by atoms with Gasteiger partial charge in [0.15, 0.2) is 5.82 Å². The third kappa shape index (κ3) is 3.16. The van der Waals surface area contributed by atoms with Crippen LogP contribution in [0.15, 0.2) is 18.3 Å². The summed E-state index contributed by atoms with van der Waals surface area (Å²) in [4.78, 5) is 25.8. The molecule has 0 spiro atoms. The second-order valence-corrected chi connectivity index (χ2v) is 7.22. The number of likely N-dealkylation sites (tertiary alicyclic amines) is 1. The molecule has 2 fully saturated rings. The van der Waals surface area contributed by atoms with Gasteiger partial charge in [-0.3, -0.25) is 9.89 Å². The van der Waals surface area contributed by atoms with Gasteiger partial charge in [-0.1, -0.05) is 0 Å². The molecule has 0 radical (unpaired) electrons. The SMILES string of the molecule is CO[C@@H]1C[C@@H](c2nc(C3CC3)n[nH]2)N(C(=O)c2ccc(N(C)C)nc2)C1. The summed E-state index contributed by atoms with van der Waals surface area (Å²) in [5.74, 6) is 2.85. The zero-order valence-electron chi connectivity index (χ0n) is 15.3. The number of hydrogen-bond acceptors (Lipinski definition) is 6. The first kappa shape index (κ1) is 17.0. The van der Waals surface area contributed by atoms with Crippen molar-refractivity contribution in [2.75, 3.05) is 32.6 Å². The molecule has 0 unspecified atom stereocenters. The summed E-state index contributed by atoms with van der Waals surface area (Å²) >= 11 is 0. The highest BCUT2D eigenvalue weighted by atomic mass is 16.5. The molecule has 1 saturated heterocycles. The molecule has 1 saturated carbocycles. The Labute approximate surface area is 152 Å². The molecule has 138 valence electrons. The van der Waals surface area contributed by atoms with E-state index in [9.17, 15) is 4.79 Å². The van der Waals surface area contributed by atoms with Gasteiger partial charge in [-0.2, -0.15) is 5.10 Å². The number of hydrogen-bond donors (Lipinski definition) is 1. The maximum absolute atomic E-state index is 13.1. The molecule has 1 N–H and O–H groups in total. The first-order valence-electron chi connectivity index (χ1n) is 8.96. The number of ether oxygens (including phenoxy) is 1. The van der Waals surface area contributed by atoms with Crippen LogP contribution in [0.1, 0.15) is 53.2 Å². The molecule has 0 aromatic carbocycles. The van der Waals surface area contributed by atoms with E-state index in [0.717, 1.165) is 30.3 Å². The minimum atomic E-state index is -0.152. The van der Waals surface area contributed by atoms with Gasteiger partial charge in [0, 0.05) is 46.3 Å². The largest absolute Gasteiger partial charge is 0.380 e. The summed E-state index contributed by atoms with van der Waals surface area (Å²) < 4.78 is 5.52. The van der Waals surface area contributed by atoms with Gasteiger partial charge in [-0.05, 0) is 25.0 Å². The van der Waals surface area contributed by atoms with Gasteiger partial charge in [0.05, 0.1) is 17.7 Å². The standard InChI is InChI=1S/C18H24N6O2/c1-23(2)15-7-6-12(9-19-15)18(25)24-10-13(26-3)8-14(24)17-20-16(21-22-17)11-4-5-11/h6-7,9,11,13-14H,4-5,8,10H2,1-3H3,(H,20,21,22)/t13-,14+/m1/s1. The van der Waals surface area contributed by atoms with Gasteiger partial charge in [-0.15, -0.1) is 0 Å². The minimum absolute atomic E-state index is 0.00701. The van der Waals surface area contributed by atoms with Crippen molar-refractivity contribution < 1.29 is 9.53 Å². The van der Waals surface area contributed by atoms with Gasteiger partial charge in [-0.25, -0.2) is 9.97 Å². The summed E-state index contributed by atoms with van der Waals surface area (Å²) in [5.41, 5.74) is 0.569. The molecule has 3 heterocycles. The van der Waals surface area contributed by atoms with Crippen LogP contribution in [-0.2, 0) is 4.74 Å². The van der Waals surface area contributed by atoms with E-state index in [4.69, 9.17) is 4.74 Å². The number of rotatable bonds is 5. The van der Waals surface area contributed by atoms with Crippen LogP contribution in [0.3, 0.4) is 0 Å². The van der Waals surface area contributed by atoms with Crippen molar-refractivity contribution in [3.05, 3.63) is 35.5 Å². The molecule has 8 heteroatoms. The van der Waals surface area contributed by atoms with Gasteiger partial charge < -0.3 is 14.5 Å². The molecule has 0 bridgehead atoms. The van der Waals surface area contributed by atoms with Gasteiger partial charge in [0.25, 0.3) is 5.91 Å². The van der Waals surface area contributed by atoms with E-state index in [0.29, 0.717) is 24.4 Å². The molecular formula is C18H24N6O2. The first-order valence-corrected chi connectivity index (χ1v) is 8.96. The van der Waals surface area contributed by atoms with Crippen LogP contribution in [0.5, 0.6) is 0 Å². The van der Waals surface area contributed by atoms with E-state index >= 15 is 0 Å². The average molecular weight is 356 g/mol. The predicted molar refractivity (Wildman–Crippen MR) is 96.1 cm³/mol. The van der Waals surface area contributed by atoms with Crippen LogP contribution in [-0.4, -0.2) is 64.8 Å². The van der Waals surface area contributed by atoms with Crippen LogP contribution in [0.25, 0.3) is 0 Å². The van der Waals surface area contributed by atoms with Crippen molar-refractivity contribution in [1.29, 1.82) is 0 Å². The Morgan fingerprint density at radius 3 is 2.77 bits per heavy atom. The highest BCUT2D eigenvalue weighted by molar-refractivity contribution is 5.94. The third-order valence-electron chi connectivity index (χ3n) is 5.09. The lowest BCUT2D eigenvalue weighted by Crippen LogP contribution is -2.32. The maximum atomic E-state index is 13.1. The number of amides is 1. The Morgan fingerprint density at radius 2 is 2.15 bits per heavy atom. The van der Waals surface area contributed by atoms with Crippen LogP contribution < -0.4 is 4.90 Å². The number of aromatic amines is 1. The van der Waals surface area contributed by atoms with Gasteiger partial charge in [0.1, 0.15) is 11.6 Å². The van der Waals surface area contributed by atoms with E-state index in [-0.39, 0.29) is 18.1 Å². The fourth-order valence-corrected chi connectivity index (χ4v) is 3.36. The number of aromatic nitrogens is 4. The summed E-state index contributed by atoms with van der Waals surface area (Å²) in [7, 11) is 5.52. The van der Waals surface area contributed by atoms with Crippen LogP contribution in [0, 0.1) is 0 Å². The van der Waals surface area contributed by atoms with Gasteiger partial charge in [0.2, 0.25) is 0 Å². The molecule has 26 heavy (non-hydrogen) atoms. The normalized spacial score (nSPS) is 22.7. The number of H-pyrrole nitrogens is 1. The summed E-state index contributed by atoms with van der Waals surface area (Å²) in [6.45, 7) is 0.537.